The molecule has 0 saturated carbocycles. The van der Waals surface area contributed by atoms with E-state index in [1.54, 1.807) is 0 Å². The quantitative estimate of drug-likeness (QED) is 0.837. The van der Waals surface area contributed by atoms with Gasteiger partial charge in [-0.2, -0.15) is 13.2 Å². The Hall–Kier alpha value is -1.15. The van der Waals surface area contributed by atoms with Gasteiger partial charge in [0, 0.05) is 12.6 Å². The molecule has 1 unspecified atom stereocenters. The summed E-state index contributed by atoms with van der Waals surface area (Å²) < 4.78 is 37.3. The van der Waals surface area contributed by atoms with Gasteiger partial charge in [0.25, 0.3) is 5.91 Å². The monoisotopic (exact) mass is 321 g/mol. The van der Waals surface area contributed by atoms with Crippen LogP contribution in [0.4, 0.5) is 18.9 Å². The van der Waals surface area contributed by atoms with Gasteiger partial charge in [0.2, 0.25) is 0 Å². The minimum absolute atomic E-state index is 0.193. The second-order valence-electron chi connectivity index (χ2n) is 4.05. The fourth-order valence-electron chi connectivity index (χ4n) is 1.69. The normalized spacial score (nSPS) is 19.5. The van der Waals surface area contributed by atoms with Gasteiger partial charge in [-0.3, -0.25) is 9.59 Å². The van der Waals surface area contributed by atoms with Crippen molar-refractivity contribution in [1.82, 2.24) is 0 Å². The van der Waals surface area contributed by atoms with Crippen LogP contribution in [0.5, 0.6) is 0 Å². The summed E-state index contributed by atoms with van der Waals surface area (Å²) in [5.74, 6) is -0.111. The molecule has 0 radical (unpaired) electrons. The van der Waals surface area contributed by atoms with Crippen LogP contribution < -0.4 is 4.90 Å². The maximum Gasteiger partial charge on any atom is 0.416 e. The summed E-state index contributed by atoms with van der Waals surface area (Å²) >= 11 is 2.12. The number of anilines is 1. The predicted octanol–water partition coefficient (Wildman–Crippen LogP) is 3.35. The molecule has 1 fully saturated rings. The van der Waals surface area contributed by atoms with E-state index in [9.17, 15) is 22.8 Å². The molecule has 3 nitrogen and oxygen atoms in total. The molecule has 0 bridgehead atoms. The molecule has 0 aromatic heterocycles. The molecule has 1 aliphatic heterocycles. The first-order chi connectivity index (χ1) is 9.29. The van der Waals surface area contributed by atoms with Crippen LogP contribution in [0, 0.1) is 0 Å². The van der Waals surface area contributed by atoms with Gasteiger partial charge in [0.1, 0.15) is 4.58 Å². The van der Waals surface area contributed by atoms with Crippen molar-refractivity contribution in [3.8, 4) is 0 Å². The third kappa shape index (κ3) is 3.29. The number of halogens is 3. The van der Waals surface area contributed by atoms with Crippen molar-refractivity contribution in [2.45, 2.75) is 17.7 Å². The summed E-state index contributed by atoms with van der Waals surface area (Å²) in [6.45, 7) is 1.35. The maximum absolute atomic E-state index is 12.6. The molecule has 0 N–H and O–H groups in total. The number of thioether (sulfide) groups is 2. The highest BCUT2D eigenvalue weighted by Crippen LogP contribution is 2.38. The van der Waals surface area contributed by atoms with Crippen molar-refractivity contribution in [3.63, 3.8) is 0 Å². The van der Waals surface area contributed by atoms with Crippen molar-refractivity contribution in [1.29, 1.82) is 0 Å². The third-order valence-corrected chi connectivity index (χ3v) is 4.94. The lowest BCUT2D eigenvalue weighted by atomic mass is 10.2. The lowest BCUT2D eigenvalue weighted by Crippen LogP contribution is -2.28. The molecule has 1 heterocycles. The zero-order valence-electron chi connectivity index (χ0n) is 10.3. The highest BCUT2D eigenvalue weighted by atomic mass is 32.2. The summed E-state index contributed by atoms with van der Waals surface area (Å²) in [6.07, 6.45) is -4.44. The van der Waals surface area contributed by atoms with Crippen molar-refractivity contribution >= 4 is 40.2 Å². The second-order valence-corrected chi connectivity index (χ2v) is 6.69. The van der Waals surface area contributed by atoms with Gasteiger partial charge in [-0.1, -0.05) is 17.8 Å². The molecule has 1 saturated heterocycles. The Balaban J connectivity index is 2.21. The standard InChI is InChI=1S/C12H10F3NO2S2/c1-7(17)20-11-10(18)16(6-19-11)9-4-2-3-8(5-9)12(13,14)15/h2-5,11H,6H2,1H3. The highest BCUT2D eigenvalue weighted by Gasteiger charge is 2.36. The molecule has 1 aromatic rings. The molecule has 2 rings (SSSR count). The van der Waals surface area contributed by atoms with Crippen LogP contribution >= 0.6 is 23.5 Å². The van der Waals surface area contributed by atoms with Gasteiger partial charge in [-0.05, 0) is 18.2 Å². The van der Waals surface area contributed by atoms with E-state index in [4.69, 9.17) is 0 Å². The number of carbonyl (C=O) groups excluding carboxylic acids is 2. The van der Waals surface area contributed by atoms with E-state index in [0.717, 1.165) is 23.9 Å². The van der Waals surface area contributed by atoms with E-state index in [2.05, 4.69) is 0 Å². The molecule has 1 aromatic carbocycles. The van der Waals surface area contributed by atoms with Crippen molar-refractivity contribution < 1.29 is 22.8 Å². The molecular formula is C12H10F3NO2S2. The third-order valence-electron chi connectivity index (χ3n) is 2.58. The number of rotatable bonds is 2. The molecule has 20 heavy (non-hydrogen) atoms. The van der Waals surface area contributed by atoms with Gasteiger partial charge in [0.05, 0.1) is 11.4 Å². The molecular weight excluding hydrogens is 311 g/mol. The number of carbonyl (C=O) groups is 2. The molecule has 1 amide bonds. The van der Waals surface area contributed by atoms with E-state index < -0.39 is 16.3 Å². The highest BCUT2D eigenvalue weighted by molar-refractivity contribution is 8.26. The smallest absolute Gasteiger partial charge is 0.301 e. The average Bonchev–Trinajstić information content (AvgIpc) is 2.69. The summed E-state index contributed by atoms with van der Waals surface area (Å²) in [4.78, 5) is 24.3. The van der Waals surface area contributed by atoms with Crippen LogP contribution in [0.3, 0.4) is 0 Å². The lowest BCUT2D eigenvalue weighted by molar-refractivity contribution is -0.137. The summed E-state index contributed by atoms with van der Waals surface area (Å²) in [5.41, 5.74) is -0.598. The Kier molecular flexibility index (Phi) is 4.33. The summed E-state index contributed by atoms with van der Waals surface area (Å²) in [6, 6.07) is 4.62. The summed E-state index contributed by atoms with van der Waals surface area (Å²) in [7, 11) is 0. The van der Waals surface area contributed by atoms with E-state index in [0.29, 0.717) is 0 Å². The van der Waals surface area contributed by atoms with Crippen molar-refractivity contribution in [2.75, 3.05) is 10.8 Å². The zero-order chi connectivity index (χ0) is 14.9. The molecule has 1 aliphatic rings. The van der Waals surface area contributed by atoms with E-state index in [1.165, 1.54) is 35.7 Å². The number of hydrogen-bond acceptors (Lipinski definition) is 4. The van der Waals surface area contributed by atoms with Crippen molar-refractivity contribution in [3.05, 3.63) is 29.8 Å². The fourth-order valence-corrected chi connectivity index (χ4v) is 3.91. The summed E-state index contributed by atoms with van der Waals surface area (Å²) in [5, 5.41) is -0.193. The molecule has 0 aliphatic carbocycles. The molecule has 0 spiro atoms. The number of nitrogens with zero attached hydrogens (tertiary/aromatic N) is 1. The topological polar surface area (TPSA) is 37.4 Å². The molecule has 8 heteroatoms. The second kappa shape index (κ2) is 5.69. The zero-order valence-corrected chi connectivity index (χ0v) is 11.9. The first kappa shape index (κ1) is 15.2. The van der Waals surface area contributed by atoms with Crippen molar-refractivity contribution in [2.24, 2.45) is 0 Å². The molecule has 1 atom stereocenters. The number of benzene rings is 1. The number of alkyl halides is 3. The minimum Gasteiger partial charge on any atom is -0.301 e. The minimum atomic E-state index is -4.44. The van der Waals surface area contributed by atoms with Crippen LogP contribution in [-0.2, 0) is 15.8 Å². The number of amides is 1. The van der Waals surface area contributed by atoms with Crippen LogP contribution in [-0.4, -0.2) is 21.5 Å². The van der Waals surface area contributed by atoms with Crippen LogP contribution in [0.25, 0.3) is 0 Å². The Morgan fingerprint density at radius 2 is 2.15 bits per heavy atom. The Morgan fingerprint density at radius 1 is 1.45 bits per heavy atom. The van der Waals surface area contributed by atoms with E-state index >= 15 is 0 Å². The van der Waals surface area contributed by atoms with Gasteiger partial charge in [0.15, 0.2) is 5.12 Å². The van der Waals surface area contributed by atoms with Crippen LogP contribution in [0.15, 0.2) is 24.3 Å². The van der Waals surface area contributed by atoms with Gasteiger partial charge in [-0.15, -0.1) is 11.8 Å². The Morgan fingerprint density at radius 3 is 2.75 bits per heavy atom. The maximum atomic E-state index is 12.6. The van der Waals surface area contributed by atoms with Crippen LogP contribution in [0.1, 0.15) is 12.5 Å². The van der Waals surface area contributed by atoms with Gasteiger partial charge >= 0.3 is 6.18 Å². The first-order valence-corrected chi connectivity index (χ1v) is 7.49. The van der Waals surface area contributed by atoms with E-state index in [-0.39, 0.29) is 22.6 Å². The first-order valence-electron chi connectivity index (χ1n) is 5.56. The Labute approximate surface area is 121 Å². The number of hydrogen-bond donors (Lipinski definition) is 0. The van der Waals surface area contributed by atoms with Gasteiger partial charge in [-0.25, -0.2) is 0 Å². The largest absolute Gasteiger partial charge is 0.416 e. The molecule has 108 valence electrons. The van der Waals surface area contributed by atoms with Gasteiger partial charge < -0.3 is 4.90 Å². The fraction of sp³-hybridized carbons (Fsp3) is 0.333. The SMILES string of the molecule is CC(=O)SC1SCN(c2cccc(C(F)(F)F)c2)C1=O. The van der Waals surface area contributed by atoms with Crippen LogP contribution in [0.2, 0.25) is 0 Å². The van der Waals surface area contributed by atoms with E-state index in [1.807, 2.05) is 0 Å². The Bertz CT molecular complexity index is 548. The lowest BCUT2D eigenvalue weighted by Gasteiger charge is -2.17. The average molecular weight is 321 g/mol. The predicted molar refractivity (Wildman–Crippen MR) is 73.4 cm³/mol.